The number of ether oxygens (including phenoxy) is 2. The molecule has 3 atom stereocenters. The summed E-state index contributed by atoms with van der Waals surface area (Å²) in [6, 6.07) is -1.53. The number of hydrogen-bond donors (Lipinski definition) is 3. The summed E-state index contributed by atoms with van der Waals surface area (Å²) >= 11 is 0. The van der Waals surface area contributed by atoms with Crippen LogP contribution in [0.5, 0.6) is 0 Å². The molecule has 3 unspecified atom stereocenters. The highest BCUT2D eigenvalue weighted by Gasteiger charge is 2.28. The highest BCUT2D eigenvalue weighted by molar-refractivity contribution is 7.47. The fraction of sp³-hybridized carbons (Fsp3) is 0.673. The summed E-state index contributed by atoms with van der Waals surface area (Å²) in [6.45, 7) is 2.65. The smallest absolute Gasteiger partial charge is 0.472 e. The summed E-state index contributed by atoms with van der Waals surface area (Å²) in [7, 11) is -4.73. The van der Waals surface area contributed by atoms with Crippen molar-refractivity contribution in [2.45, 2.75) is 206 Å². The van der Waals surface area contributed by atoms with Crippen molar-refractivity contribution in [3.63, 3.8) is 0 Å². The van der Waals surface area contributed by atoms with E-state index in [2.05, 4.69) is 103 Å². The van der Waals surface area contributed by atoms with Crippen LogP contribution in [-0.4, -0.2) is 59.9 Å². The zero-order chi connectivity index (χ0) is 47.0. The lowest BCUT2D eigenvalue weighted by atomic mass is 10.1. The Hall–Kier alpha value is -3.34. The summed E-state index contributed by atoms with van der Waals surface area (Å²) in [6.07, 6.45) is 57.8. The number of hydrogen-bond acceptors (Lipinski definition) is 9. The van der Waals surface area contributed by atoms with Crippen LogP contribution in [0.4, 0.5) is 0 Å². The van der Waals surface area contributed by atoms with Gasteiger partial charge in [-0.2, -0.15) is 0 Å². The van der Waals surface area contributed by atoms with Crippen molar-refractivity contribution in [3.05, 3.63) is 85.1 Å². The lowest BCUT2D eigenvalue weighted by Crippen LogP contribution is -2.34. The molecular weight excluding hydrogens is 830 g/mol. The van der Waals surface area contributed by atoms with Crippen LogP contribution in [0.15, 0.2) is 85.1 Å². The molecule has 366 valence electrons. The first-order valence-corrected chi connectivity index (χ1v) is 26.1. The third kappa shape index (κ3) is 45.2. The van der Waals surface area contributed by atoms with Crippen LogP contribution in [0.1, 0.15) is 194 Å². The van der Waals surface area contributed by atoms with Gasteiger partial charge in [-0.05, 0) is 89.9 Å². The largest absolute Gasteiger partial charge is 0.480 e. The third-order valence-electron chi connectivity index (χ3n) is 10.1. The normalized spacial score (nSPS) is 14.3. The van der Waals surface area contributed by atoms with Crippen molar-refractivity contribution in [2.24, 2.45) is 5.73 Å². The third-order valence-corrected chi connectivity index (χ3v) is 11.1. The molecule has 0 aromatic heterocycles. The Morgan fingerprint density at radius 2 is 0.875 bits per heavy atom. The molecule has 0 aromatic carbocycles. The van der Waals surface area contributed by atoms with Crippen molar-refractivity contribution >= 4 is 25.7 Å². The van der Waals surface area contributed by atoms with Crippen LogP contribution in [-0.2, 0) is 37.5 Å². The van der Waals surface area contributed by atoms with Crippen molar-refractivity contribution in [2.75, 3.05) is 19.8 Å². The number of esters is 2. The van der Waals surface area contributed by atoms with Crippen LogP contribution >= 0.6 is 7.82 Å². The van der Waals surface area contributed by atoms with Crippen LogP contribution < -0.4 is 5.73 Å². The molecule has 0 amide bonds. The number of phosphoric acid groups is 1. The van der Waals surface area contributed by atoms with Crippen LogP contribution in [0, 0.1) is 0 Å². The second kappa shape index (κ2) is 46.2. The monoisotopic (exact) mass is 918 g/mol. The molecule has 0 aliphatic carbocycles. The van der Waals surface area contributed by atoms with E-state index in [1.165, 1.54) is 44.9 Å². The van der Waals surface area contributed by atoms with E-state index in [4.69, 9.17) is 24.8 Å². The van der Waals surface area contributed by atoms with Crippen molar-refractivity contribution in [1.82, 2.24) is 0 Å². The Morgan fingerprint density at radius 3 is 1.31 bits per heavy atom. The molecule has 11 nitrogen and oxygen atoms in total. The van der Waals surface area contributed by atoms with Gasteiger partial charge in [-0.3, -0.25) is 23.4 Å². The molecule has 0 spiro atoms. The molecule has 12 heteroatoms. The summed E-state index contributed by atoms with van der Waals surface area (Å²) in [5.74, 6) is -2.41. The fourth-order valence-electron chi connectivity index (χ4n) is 6.30. The van der Waals surface area contributed by atoms with Gasteiger partial charge >= 0.3 is 25.7 Å². The number of rotatable bonds is 45. The van der Waals surface area contributed by atoms with Gasteiger partial charge in [0.2, 0.25) is 0 Å². The molecule has 0 rings (SSSR count). The van der Waals surface area contributed by atoms with E-state index in [0.717, 1.165) is 109 Å². The molecule has 0 saturated carbocycles. The van der Waals surface area contributed by atoms with E-state index in [1.54, 1.807) is 0 Å². The van der Waals surface area contributed by atoms with E-state index < -0.39 is 51.1 Å². The summed E-state index contributed by atoms with van der Waals surface area (Å²) < 4.78 is 32.8. The lowest BCUT2D eigenvalue weighted by molar-refractivity contribution is -0.161. The van der Waals surface area contributed by atoms with Gasteiger partial charge in [0.25, 0.3) is 0 Å². The lowest BCUT2D eigenvalue weighted by Gasteiger charge is -2.20. The zero-order valence-electron chi connectivity index (χ0n) is 39.8. The maximum absolute atomic E-state index is 12.7. The molecule has 0 aliphatic rings. The number of carbonyl (C=O) groups excluding carboxylic acids is 2. The standard InChI is InChI=1S/C52H88NO10P/c1-3-5-7-9-11-13-15-17-19-21-23-24-26-28-30-32-34-36-38-40-42-44-51(55)63-48(46-61-64(58,59)62-47-49(53)52(56)57)45-60-50(54)43-41-39-37-35-33-31-29-27-25-22-20-18-16-14-12-10-8-6-4-2/h5,7,11-14,17-20,23-25,27,48-49H,3-4,6,8-10,15-16,21-22,26,28-47,53H2,1-2H3,(H,56,57)(H,58,59)/b7-5-,13-11-,14-12-,19-17-,20-18-,24-23-,27-25-. The molecule has 4 N–H and O–H groups in total. The van der Waals surface area contributed by atoms with Gasteiger partial charge in [0, 0.05) is 12.8 Å². The van der Waals surface area contributed by atoms with E-state index in [-0.39, 0.29) is 19.4 Å². The van der Waals surface area contributed by atoms with Crippen molar-refractivity contribution in [3.8, 4) is 0 Å². The Bertz CT molecular complexity index is 1400. The molecule has 0 saturated heterocycles. The highest BCUT2D eigenvalue weighted by Crippen LogP contribution is 2.43. The minimum Gasteiger partial charge on any atom is -0.480 e. The molecule has 0 aliphatic heterocycles. The average molecular weight is 918 g/mol. The van der Waals surface area contributed by atoms with Crippen molar-refractivity contribution in [1.29, 1.82) is 0 Å². The Morgan fingerprint density at radius 1 is 0.500 bits per heavy atom. The molecule has 0 aromatic rings. The van der Waals surface area contributed by atoms with Crippen LogP contribution in [0.2, 0.25) is 0 Å². The van der Waals surface area contributed by atoms with Gasteiger partial charge in [-0.15, -0.1) is 0 Å². The first-order valence-electron chi connectivity index (χ1n) is 24.6. The Balaban J connectivity index is 4.34. The van der Waals surface area contributed by atoms with Gasteiger partial charge in [0.15, 0.2) is 6.10 Å². The second-order valence-electron chi connectivity index (χ2n) is 16.2. The molecule has 0 fully saturated rings. The first kappa shape index (κ1) is 60.7. The van der Waals surface area contributed by atoms with Crippen LogP contribution in [0.25, 0.3) is 0 Å². The highest BCUT2D eigenvalue weighted by atomic mass is 31.2. The number of unbranched alkanes of at least 4 members (excludes halogenated alkanes) is 17. The van der Waals surface area contributed by atoms with Gasteiger partial charge < -0.3 is 25.2 Å². The molecular formula is C52H88NO10P. The van der Waals surface area contributed by atoms with E-state index >= 15 is 0 Å². The molecule has 0 radical (unpaired) electrons. The summed E-state index contributed by atoms with van der Waals surface area (Å²) in [5.41, 5.74) is 5.35. The van der Waals surface area contributed by atoms with Gasteiger partial charge in [-0.1, -0.05) is 176 Å². The molecule has 0 heterocycles. The summed E-state index contributed by atoms with van der Waals surface area (Å²) in [4.78, 5) is 46.2. The van der Waals surface area contributed by atoms with Gasteiger partial charge in [-0.25, -0.2) is 4.57 Å². The first-order chi connectivity index (χ1) is 31.1. The van der Waals surface area contributed by atoms with E-state index in [9.17, 15) is 23.8 Å². The predicted octanol–water partition coefficient (Wildman–Crippen LogP) is 13.8. The molecule has 64 heavy (non-hydrogen) atoms. The average Bonchev–Trinajstić information content (AvgIpc) is 3.27. The Labute approximate surface area is 388 Å². The maximum atomic E-state index is 12.7. The Kier molecular flexibility index (Phi) is 43.8. The SMILES string of the molecule is CC/C=C\C/C=C\C/C=C\C/C=C\CCCCCCCCCCC(=O)OC(COC(=O)CCCCCCCC/C=C\C/C=C\C/C=C\CCCCC)COP(=O)(O)OCC(N)C(=O)O. The topological polar surface area (TPSA) is 172 Å². The van der Waals surface area contributed by atoms with E-state index in [1.807, 2.05) is 0 Å². The summed E-state index contributed by atoms with van der Waals surface area (Å²) in [5, 5.41) is 8.92. The van der Waals surface area contributed by atoms with E-state index in [0.29, 0.717) is 12.8 Å². The maximum Gasteiger partial charge on any atom is 0.472 e. The fourth-order valence-corrected chi connectivity index (χ4v) is 7.08. The number of carboxylic acid groups (broad SMARTS) is 1. The predicted molar refractivity (Wildman–Crippen MR) is 263 cm³/mol. The minimum atomic E-state index is -4.73. The molecule has 0 bridgehead atoms. The zero-order valence-corrected chi connectivity index (χ0v) is 40.7. The number of allylic oxidation sites excluding steroid dienone is 14. The van der Waals surface area contributed by atoms with Crippen molar-refractivity contribution < 1.29 is 47.5 Å². The second-order valence-corrected chi connectivity index (χ2v) is 17.7. The quantitative estimate of drug-likeness (QED) is 0.0230. The van der Waals surface area contributed by atoms with Gasteiger partial charge in [0.1, 0.15) is 12.6 Å². The number of aliphatic carboxylic acids is 1. The minimum absolute atomic E-state index is 0.144. The number of phosphoric ester groups is 1. The number of carbonyl (C=O) groups is 3. The number of carboxylic acids is 1. The van der Waals surface area contributed by atoms with Crippen LogP contribution in [0.3, 0.4) is 0 Å². The number of nitrogens with two attached hydrogens (primary N) is 1. The van der Waals surface area contributed by atoms with Gasteiger partial charge in [0.05, 0.1) is 13.2 Å².